The molecule has 0 amide bonds. The lowest BCUT2D eigenvalue weighted by Gasteiger charge is -2.37. The molecule has 15 heavy (non-hydrogen) atoms. The number of aromatic nitrogens is 3. The fraction of sp³-hybridized carbons (Fsp3) is 0.833. The molecule has 1 atom stereocenters. The highest BCUT2D eigenvalue weighted by molar-refractivity contribution is 5.04. The molecule has 2 rings (SSSR count). The lowest BCUT2D eigenvalue weighted by atomic mass is 9.68. The fourth-order valence-electron chi connectivity index (χ4n) is 2.75. The average Bonchev–Trinajstić information content (AvgIpc) is 2.64. The topological polar surface area (TPSA) is 30.7 Å². The molecule has 0 aromatic carbocycles. The maximum atomic E-state index is 4.32. The van der Waals surface area contributed by atoms with Crippen molar-refractivity contribution in [2.45, 2.75) is 58.9 Å². The number of hydrogen-bond donors (Lipinski definition) is 0. The Morgan fingerprint density at radius 1 is 1.47 bits per heavy atom. The standard InChI is InChI=1S/C12H21N3/c1-4-15-9-13-14-11(15)10-7-5-6-8-12(10,2)3/h9-10H,4-8H2,1-3H3. The molecule has 1 aromatic rings. The molecule has 1 unspecified atom stereocenters. The van der Waals surface area contributed by atoms with E-state index in [1.165, 1.54) is 31.5 Å². The van der Waals surface area contributed by atoms with Crippen LogP contribution in [0.25, 0.3) is 0 Å². The lowest BCUT2D eigenvalue weighted by molar-refractivity contribution is 0.188. The van der Waals surface area contributed by atoms with E-state index in [9.17, 15) is 0 Å². The van der Waals surface area contributed by atoms with Crippen LogP contribution in [0, 0.1) is 5.41 Å². The molecule has 0 spiro atoms. The Labute approximate surface area is 91.9 Å². The van der Waals surface area contributed by atoms with Gasteiger partial charge in [-0.1, -0.05) is 26.7 Å². The fourth-order valence-corrected chi connectivity index (χ4v) is 2.75. The van der Waals surface area contributed by atoms with E-state index in [2.05, 4.69) is 35.5 Å². The van der Waals surface area contributed by atoms with Gasteiger partial charge in [-0.2, -0.15) is 0 Å². The van der Waals surface area contributed by atoms with Gasteiger partial charge < -0.3 is 4.57 Å². The summed E-state index contributed by atoms with van der Waals surface area (Å²) >= 11 is 0. The van der Waals surface area contributed by atoms with Gasteiger partial charge in [0.2, 0.25) is 0 Å². The van der Waals surface area contributed by atoms with Crippen molar-refractivity contribution < 1.29 is 0 Å². The summed E-state index contributed by atoms with van der Waals surface area (Å²) < 4.78 is 2.19. The quantitative estimate of drug-likeness (QED) is 0.746. The SMILES string of the molecule is CCn1cnnc1C1CCCCC1(C)C. The van der Waals surface area contributed by atoms with E-state index in [4.69, 9.17) is 0 Å². The molecule has 1 fully saturated rings. The first-order valence-corrected chi connectivity index (χ1v) is 6.03. The molecule has 0 N–H and O–H groups in total. The number of aryl methyl sites for hydroxylation is 1. The Bertz CT molecular complexity index is 327. The Morgan fingerprint density at radius 2 is 2.27 bits per heavy atom. The van der Waals surface area contributed by atoms with E-state index in [1.807, 2.05) is 6.33 Å². The van der Waals surface area contributed by atoms with Gasteiger partial charge in [0.05, 0.1) is 0 Å². The van der Waals surface area contributed by atoms with E-state index in [0.717, 1.165) is 6.54 Å². The normalized spacial score (nSPS) is 25.4. The summed E-state index contributed by atoms with van der Waals surface area (Å²) in [6.45, 7) is 7.87. The predicted octanol–water partition coefficient (Wildman–Crippen LogP) is 2.98. The maximum Gasteiger partial charge on any atom is 0.136 e. The van der Waals surface area contributed by atoms with E-state index < -0.39 is 0 Å². The van der Waals surface area contributed by atoms with Crippen LogP contribution in [0.2, 0.25) is 0 Å². The van der Waals surface area contributed by atoms with Crippen LogP contribution >= 0.6 is 0 Å². The summed E-state index contributed by atoms with van der Waals surface area (Å²) in [5.41, 5.74) is 0.387. The van der Waals surface area contributed by atoms with Crippen LogP contribution < -0.4 is 0 Å². The molecule has 3 heteroatoms. The van der Waals surface area contributed by atoms with Gasteiger partial charge in [0.25, 0.3) is 0 Å². The summed E-state index contributed by atoms with van der Waals surface area (Å²) in [5, 5.41) is 8.37. The smallest absolute Gasteiger partial charge is 0.136 e. The van der Waals surface area contributed by atoms with E-state index in [1.54, 1.807) is 0 Å². The zero-order valence-electron chi connectivity index (χ0n) is 10.0. The van der Waals surface area contributed by atoms with Crippen LogP contribution in [0.1, 0.15) is 58.2 Å². The van der Waals surface area contributed by atoms with Crippen molar-refractivity contribution in [2.24, 2.45) is 5.41 Å². The van der Waals surface area contributed by atoms with Crippen molar-refractivity contribution >= 4 is 0 Å². The second kappa shape index (κ2) is 3.95. The van der Waals surface area contributed by atoms with Gasteiger partial charge in [-0.25, -0.2) is 0 Å². The van der Waals surface area contributed by atoms with Crippen molar-refractivity contribution in [3.05, 3.63) is 12.2 Å². The van der Waals surface area contributed by atoms with E-state index >= 15 is 0 Å². The number of hydrogen-bond acceptors (Lipinski definition) is 2. The summed E-state index contributed by atoms with van der Waals surface area (Å²) in [6, 6.07) is 0. The van der Waals surface area contributed by atoms with E-state index in [-0.39, 0.29) is 0 Å². The van der Waals surface area contributed by atoms with Crippen LogP contribution in [0.4, 0.5) is 0 Å². The van der Waals surface area contributed by atoms with Crippen LogP contribution in [-0.2, 0) is 6.54 Å². The molecule has 0 aliphatic heterocycles. The van der Waals surface area contributed by atoms with Crippen molar-refractivity contribution in [1.29, 1.82) is 0 Å². The molecular weight excluding hydrogens is 186 g/mol. The third-order valence-electron chi connectivity index (χ3n) is 3.81. The minimum atomic E-state index is 0.387. The first-order chi connectivity index (χ1) is 7.15. The molecule has 1 aliphatic rings. The molecule has 0 saturated heterocycles. The number of rotatable bonds is 2. The van der Waals surface area contributed by atoms with Gasteiger partial charge >= 0.3 is 0 Å². The molecule has 1 heterocycles. The number of nitrogens with zero attached hydrogens (tertiary/aromatic N) is 3. The summed E-state index contributed by atoms with van der Waals surface area (Å²) in [6.07, 6.45) is 7.15. The molecule has 1 saturated carbocycles. The van der Waals surface area contributed by atoms with Gasteiger partial charge in [0.1, 0.15) is 12.2 Å². The minimum Gasteiger partial charge on any atom is -0.318 e. The summed E-state index contributed by atoms with van der Waals surface area (Å²) in [4.78, 5) is 0. The third kappa shape index (κ3) is 1.92. The Kier molecular flexibility index (Phi) is 2.81. The molecule has 84 valence electrons. The molecular formula is C12H21N3. The highest BCUT2D eigenvalue weighted by atomic mass is 15.3. The van der Waals surface area contributed by atoms with Crippen LogP contribution in [0.5, 0.6) is 0 Å². The molecule has 0 bridgehead atoms. The summed E-state index contributed by atoms with van der Waals surface area (Å²) in [5.74, 6) is 1.79. The zero-order chi connectivity index (χ0) is 10.9. The van der Waals surface area contributed by atoms with Gasteiger partial charge in [-0.3, -0.25) is 0 Å². The summed E-state index contributed by atoms with van der Waals surface area (Å²) in [7, 11) is 0. The van der Waals surface area contributed by atoms with Crippen molar-refractivity contribution in [2.75, 3.05) is 0 Å². The Balaban J connectivity index is 2.28. The van der Waals surface area contributed by atoms with Crippen molar-refractivity contribution in [1.82, 2.24) is 14.8 Å². The maximum absolute atomic E-state index is 4.32. The monoisotopic (exact) mass is 207 g/mol. The van der Waals surface area contributed by atoms with Gasteiger partial charge in [0.15, 0.2) is 0 Å². The zero-order valence-corrected chi connectivity index (χ0v) is 10.0. The largest absolute Gasteiger partial charge is 0.318 e. The van der Waals surface area contributed by atoms with Gasteiger partial charge in [0, 0.05) is 12.5 Å². The first-order valence-electron chi connectivity index (χ1n) is 6.03. The van der Waals surface area contributed by atoms with Crippen LogP contribution in [0.15, 0.2) is 6.33 Å². The third-order valence-corrected chi connectivity index (χ3v) is 3.81. The second-order valence-electron chi connectivity index (χ2n) is 5.26. The Morgan fingerprint density at radius 3 is 2.93 bits per heavy atom. The molecule has 0 radical (unpaired) electrons. The van der Waals surface area contributed by atoms with Crippen molar-refractivity contribution in [3.8, 4) is 0 Å². The molecule has 1 aliphatic carbocycles. The Hall–Kier alpha value is -0.860. The van der Waals surface area contributed by atoms with Crippen molar-refractivity contribution in [3.63, 3.8) is 0 Å². The van der Waals surface area contributed by atoms with E-state index in [0.29, 0.717) is 11.3 Å². The van der Waals surface area contributed by atoms with Gasteiger partial charge in [-0.15, -0.1) is 10.2 Å². The predicted molar refractivity (Wildman–Crippen MR) is 60.7 cm³/mol. The lowest BCUT2D eigenvalue weighted by Crippen LogP contribution is -2.28. The highest BCUT2D eigenvalue weighted by Gasteiger charge is 2.35. The first kappa shape index (κ1) is 10.7. The van der Waals surface area contributed by atoms with Gasteiger partial charge in [-0.05, 0) is 25.2 Å². The molecule has 3 nitrogen and oxygen atoms in total. The minimum absolute atomic E-state index is 0.387. The molecule has 1 aromatic heterocycles. The highest BCUT2D eigenvalue weighted by Crippen LogP contribution is 2.45. The van der Waals surface area contributed by atoms with Crippen LogP contribution in [0.3, 0.4) is 0 Å². The van der Waals surface area contributed by atoms with Crippen LogP contribution in [-0.4, -0.2) is 14.8 Å². The average molecular weight is 207 g/mol. The second-order valence-corrected chi connectivity index (χ2v) is 5.26.